The van der Waals surface area contributed by atoms with Crippen molar-refractivity contribution in [2.24, 2.45) is 0 Å². The number of aryl methyl sites for hydroxylation is 1. The first-order valence-corrected chi connectivity index (χ1v) is 12.4. The normalized spacial score (nSPS) is 14.1. The number of benzene rings is 3. The van der Waals surface area contributed by atoms with Crippen LogP contribution in [0.3, 0.4) is 0 Å². The highest BCUT2D eigenvalue weighted by atomic mass is 32.2. The Hall–Kier alpha value is -3.78. The van der Waals surface area contributed by atoms with Gasteiger partial charge >= 0.3 is 0 Å². The fourth-order valence-corrected chi connectivity index (χ4v) is 4.55. The number of rotatable bonds is 7. The summed E-state index contributed by atoms with van der Waals surface area (Å²) in [6, 6.07) is 22.1. The van der Waals surface area contributed by atoms with Crippen molar-refractivity contribution < 1.29 is 14.2 Å². The summed E-state index contributed by atoms with van der Waals surface area (Å²) in [4.78, 5) is 4.74. The monoisotopic (exact) mass is 486 g/mol. The largest absolute Gasteiger partial charge is 0.493 e. The highest BCUT2D eigenvalue weighted by molar-refractivity contribution is 7.98. The molecule has 5 rings (SSSR count). The molecule has 1 atom stereocenters. The van der Waals surface area contributed by atoms with Gasteiger partial charge in [-0.1, -0.05) is 59.8 Å². The van der Waals surface area contributed by atoms with Crippen molar-refractivity contribution in [3.8, 4) is 28.6 Å². The average Bonchev–Trinajstić information content (AvgIpc) is 3.05. The molecule has 0 fully saturated rings. The fourth-order valence-electron chi connectivity index (χ4n) is 3.81. The van der Waals surface area contributed by atoms with Crippen molar-refractivity contribution in [2.75, 3.05) is 19.0 Å². The second-order valence-electron chi connectivity index (χ2n) is 8.05. The zero-order chi connectivity index (χ0) is 24.2. The van der Waals surface area contributed by atoms with Gasteiger partial charge < -0.3 is 19.5 Å². The average molecular weight is 487 g/mol. The number of methoxy groups -OCH3 is 1. The van der Waals surface area contributed by atoms with E-state index in [-0.39, 0.29) is 0 Å². The summed E-state index contributed by atoms with van der Waals surface area (Å²) >= 11 is 1.53. The Morgan fingerprint density at radius 3 is 2.63 bits per heavy atom. The number of nitrogens with one attached hydrogen (secondary N) is 1. The third-order valence-corrected chi connectivity index (χ3v) is 6.52. The molecule has 178 valence electrons. The molecular formula is C27H26N4O3S. The van der Waals surface area contributed by atoms with Crippen molar-refractivity contribution >= 4 is 17.4 Å². The minimum Gasteiger partial charge on any atom is -0.493 e. The number of ether oxygens (including phenoxy) is 3. The Morgan fingerprint density at radius 2 is 1.83 bits per heavy atom. The molecule has 0 radical (unpaired) electrons. The van der Waals surface area contributed by atoms with Gasteiger partial charge in [0, 0.05) is 22.6 Å². The number of hydrogen-bond acceptors (Lipinski definition) is 8. The van der Waals surface area contributed by atoms with E-state index in [4.69, 9.17) is 19.2 Å². The first-order chi connectivity index (χ1) is 17.1. The Balaban J connectivity index is 1.47. The van der Waals surface area contributed by atoms with Crippen LogP contribution in [0.25, 0.3) is 11.3 Å². The van der Waals surface area contributed by atoms with Gasteiger partial charge in [0.2, 0.25) is 11.0 Å². The highest BCUT2D eigenvalue weighted by Gasteiger charge is 2.26. The van der Waals surface area contributed by atoms with Crippen LogP contribution in [-0.2, 0) is 5.75 Å². The summed E-state index contributed by atoms with van der Waals surface area (Å²) in [5, 5.41) is 12.9. The number of nitrogens with zero attached hydrogens (tertiary/aromatic N) is 3. The Kier molecular flexibility index (Phi) is 6.72. The van der Waals surface area contributed by atoms with Crippen LogP contribution in [0, 0.1) is 6.92 Å². The van der Waals surface area contributed by atoms with E-state index in [0.717, 1.165) is 22.6 Å². The van der Waals surface area contributed by atoms with E-state index in [2.05, 4.69) is 46.7 Å². The third kappa shape index (κ3) is 5.02. The van der Waals surface area contributed by atoms with Gasteiger partial charge in [0.05, 0.1) is 13.7 Å². The smallest absolute Gasteiger partial charge is 0.247 e. The van der Waals surface area contributed by atoms with Gasteiger partial charge in [-0.05, 0) is 43.7 Å². The maximum absolute atomic E-state index is 6.40. The highest BCUT2D eigenvalue weighted by Crippen LogP contribution is 2.41. The maximum Gasteiger partial charge on any atom is 0.247 e. The molecule has 1 N–H and O–H groups in total. The van der Waals surface area contributed by atoms with Crippen LogP contribution in [0.5, 0.6) is 17.4 Å². The number of fused-ring (bicyclic) bond motifs is 3. The van der Waals surface area contributed by atoms with Crippen LogP contribution >= 0.6 is 11.8 Å². The maximum atomic E-state index is 6.40. The van der Waals surface area contributed by atoms with E-state index >= 15 is 0 Å². The van der Waals surface area contributed by atoms with Crippen LogP contribution in [-0.4, -0.2) is 28.9 Å². The topological polar surface area (TPSA) is 78.4 Å². The van der Waals surface area contributed by atoms with Gasteiger partial charge in [0.25, 0.3) is 0 Å². The lowest BCUT2D eigenvalue weighted by atomic mass is 10.1. The summed E-state index contributed by atoms with van der Waals surface area (Å²) < 4.78 is 17.6. The lowest BCUT2D eigenvalue weighted by Crippen LogP contribution is -2.17. The van der Waals surface area contributed by atoms with Crippen molar-refractivity contribution in [2.45, 2.75) is 31.0 Å². The van der Waals surface area contributed by atoms with Crippen LogP contribution in [0.15, 0.2) is 71.9 Å². The lowest BCUT2D eigenvalue weighted by Gasteiger charge is -2.20. The minimum atomic E-state index is -0.506. The first-order valence-electron chi connectivity index (χ1n) is 11.4. The molecule has 8 heteroatoms. The van der Waals surface area contributed by atoms with E-state index < -0.39 is 6.23 Å². The number of hydrogen-bond donors (Lipinski definition) is 1. The van der Waals surface area contributed by atoms with E-state index in [1.54, 1.807) is 7.11 Å². The molecule has 0 saturated heterocycles. The lowest BCUT2D eigenvalue weighted by molar-refractivity contribution is 0.224. The predicted molar refractivity (Wildman–Crippen MR) is 137 cm³/mol. The summed E-state index contributed by atoms with van der Waals surface area (Å²) in [7, 11) is 1.63. The van der Waals surface area contributed by atoms with Gasteiger partial charge in [-0.3, -0.25) is 0 Å². The standard InChI is InChI=1S/C27H26N4O3S/c1-4-33-22-14-13-19(15-23(22)32-3)25-28-21-8-6-5-7-20(21)24-26(34-25)29-27(31-30-24)35-16-18-11-9-17(2)10-12-18/h5-15,25,28H,4,16H2,1-3H3. The Morgan fingerprint density at radius 1 is 1.00 bits per heavy atom. The summed E-state index contributed by atoms with van der Waals surface area (Å²) in [5.74, 6) is 2.51. The Labute approximate surface area is 208 Å². The SMILES string of the molecule is CCOc1ccc(C2Nc3ccccc3-c3nnc(SCc4ccc(C)cc4)nc3O2)cc1OC. The Bertz CT molecular complexity index is 1330. The van der Waals surface area contributed by atoms with Crippen LogP contribution < -0.4 is 19.5 Å². The van der Waals surface area contributed by atoms with Gasteiger partial charge in [-0.25, -0.2) is 0 Å². The number of aromatic nitrogens is 3. The number of anilines is 1. The minimum absolute atomic E-state index is 0.432. The quantitative estimate of drug-likeness (QED) is 0.316. The molecule has 1 aliphatic rings. The molecule has 1 unspecified atom stereocenters. The van der Waals surface area contributed by atoms with Crippen LogP contribution in [0.1, 0.15) is 29.8 Å². The number of thioether (sulfide) groups is 1. The molecule has 0 amide bonds. The van der Waals surface area contributed by atoms with E-state index in [0.29, 0.717) is 34.8 Å². The fraction of sp³-hybridized carbons (Fsp3) is 0.222. The third-order valence-electron chi connectivity index (χ3n) is 5.61. The van der Waals surface area contributed by atoms with Crippen molar-refractivity contribution in [3.63, 3.8) is 0 Å². The van der Waals surface area contributed by atoms with Crippen molar-refractivity contribution in [1.82, 2.24) is 15.2 Å². The van der Waals surface area contributed by atoms with Gasteiger partial charge in [0.15, 0.2) is 23.4 Å². The first kappa shape index (κ1) is 23.0. The van der Waals surface area contributed by atoms with Gasteiger partial charge in [0.1, 0.15) is 0 Å². The van der Waals surface area contributed by atoms with Gasteiger partial charge in [-0.15, -0.1) is 10.2 Å². The zero-order valence-corrected chi connectivity index (χ0v) is 20.6. The summed E-state index contributed by atoms with van der Waals surface area (Å²) in [5.41, 5.74) is 5.69. The molecule has 0 saturated carbocycles. The van der Waals surface area contributed by atoms with E-state index in [9.17, 15) is 0 Å². The molecular weight excluding hydrogens is 460 g/mol. The van der Waals surface area contributed by atoms with E-state index in [1.165, 1.54) is 22.9 Å². The molecule has 2 heterocycles. The van der Waals surface area contributed by atoms with Crippen molar-refractivity contribution in [1.29, 1.82) is 0 Å². The van der Waals surface area contributed by atoms with Crippen molar-refractivity contribution in [3.05, 3.63) is 83.4 Å². The molecule has 4 aromatic rings. The molecule has 7 nitrogen and oxygen atoms in total. The molecule has 35 heavy (non-hydrogen) atoms. The predicted octanol–water partition coefficient (Wildman–Crippen LogP) is 6.05. The van der Waals surface area contributed by atoms with Crippen LogP contribution in [0.4, 0.5) is 5.69 Å². The summed E-state index contributed by atoms with van der Waals surface area (Å²) in [6.07, 6.45) is -0.506. The van der Waals surface area contributed by atoms with Gasteiger partial charge in [-0.2, -0.15) is 4.98 Å². The molecule has 1 aliphatic heterocycles. The second kappa shape index (κ2) is 10.2. The molecule has 0 spiro atoms. The number of para-hydroxylation sites is 1. The molecule has 3 aromatic carbocycles. The molecule has 0 bridgehead atoms. The second-order valence-corrected chi connectivity index (χ2v) is 9.00. The molecule has 0 aliphatic carbocycles. The molecule has 1 aromatic heterocycles. The zero-order valence-electron chi connectivity index (χ0n) is 19.8. The van der Waals surface area contributed by atoms with E-state index in [1.807, 2.05) is 49.4 Å². The van der Waals surface area contributed by atoms with Crippen LogP contribution in [0.2, 0.25) is 0 Å². The summed E-state index contributed by atoms with van der Waals surface area (Å²) in [6.45, 7) is 4.58.